The third-order valence-corrected chi connectivity index (χ3v) is 3.11. The van der Waals surface area contributed by atoms with Crippen LogP contribution < -0.4 is 11.2 Å². The van der Waals surface area contributed by atoms with E-state index in [0.29, 0.717) is 30.0 Å². The van der Waals surface area contributed by atoms with E-state index in [1.54, 1.807) is 25.6 Å². The lowest BCUT2D eigenvalue weighted by Gasteiger charge is -2.09. The molecule has 0 aliphatic rings. The van der Waals surface area contributed by atoms with Crippen LogP contribution in [0.5, 0.6) is 0 Å². The molecule has 0 unspecified atom stereocenters. The van der Waals surface area contributed by atoms with Crippen LogP contribution in [0, 0.1) is 0 Å². The molecule has 2 heterocycles. The van der Waals surface area contributed by atoms with E-state index in [0.717, 1.165) is 4.57 Å². The number of nitrogens with zero attached hydrogens (tertiary/aromatic N) is 4. The molecule has 0 spiro atoms. The fraction of sp³-hybridized carbons (Fsp3) is 0.462. The first kappa shape index (κ1) is 15.0. The Labute approximate surface area is 120 Å². The van der Waals surface area contributed by atoms with Crippen molar-refractivity contribution < 1.29 is 9.78 Å². The Kier molecular flexibility index (Phi) is 4.27. The summed E-state index contributed by atoms with van der Waals surface area (Å²) in [6.07, 6.45) is 1.81. The molecule has 2 aromatic heterocycles. The first-order valence-corrected chi connectivity index (χ1v) is 6.55. The summed E-state index contributed by atoms with van der Waals surface area (Å²) in [6.45, 7) is 6.01. The Morgan fingerprint density at radius 2 is 2.10 bits per heavy atom. The van der Waals surface area contributed by atoms with E-state index < -0.39 is 5.69 Å². The molecular formula is C13H18N4O4. The van der Waals surface area contributed by atoms with Crippen molar-refractivity contribution in [3.8, 4) is 0 Å². The van der Waals surface area contributed by atoms with E-state index in [2.05, 4.69) is 11.6 Å². The number of fused-ring (bicyclic) bond motifs is 1. The van der Waals surface area contributed by atoms with Crippen molar-refractivity contribution in [3.05, 3.63) is 39.5 Å². The van der Waals surface area contributed by atoms with Gasteiger partial charge in [-0.25, -0.2) is 9.78 Å². The first-order valence-electron chi connectivity index (χ1n) is 6.55. The molecular weight excluding hydrogens is 276 g/mol. The van der Waals surface area contributed by atoms with Gasteiger partial charge in [-0.3, -0.25) is 13.9 Å². The van der Waals surface area contributed by atoms with Crippen molar-refractivity contribution >= 4 is 11.2 Å². The van der Waals surface area contributed by atoms with Crippen molar-refractivity contribution in [2.45, 2.75) is 19.9 Å². The van der Waals surface area contributed by atoms with Crippen LogP contribution in [0.25, 0.3) is 11.2 Å². The monoisotopic (exact) mass is 294 g/mol. The Balaban J connectivity index is 2.36. The van der Waals surface area contributed by atoms with Gasteiger partial charge < -0.3 is 9.45 Å². The molecule has 0 N–H and O–H groups in total. The van der Waals surface area contributed by atoms with Gasteiger partial charge in [-0.1, -0.05) is 6.58 Å². The zero-order chi connectivity index (χ0) is 15.6. The van der Waals surface area contributed by atoms with Gasteiger partial charge in [0.25, 0.3) is 5.56 Å². The lowest BCUT2D eigenvalue weighted by atomic mass is 10.3. The second-order valence-corrected chi connectivity index (χ2v) is 4.60. The van der Waals surface area contributed by atoms with Gasteiger partial charge in [-0.2, -0.15) is 4.89 Å². The Morgan fingerprint density at radius 3 is 2.76 bits per heavy atom. The van der Waals surface area contributed by atoms with E-state index in [9.17, 15) is 9.59 Å². The van der Waals surface area contributed by atoms with Gasteiger partial charge in [0.1, 0.15) is 5.76 Å². The zero-order valence-corrected chi connectivity index (χ0v) is 12.3. The molecule has 0 radical (unpaired) electrons. The normalized spacial score (nSPS) is 11.0. The molecule has 2 rings (SSSR count). The van der Waals surface area contributed by atoms with Crippen LogP contribution in [0.15, 0.2) is 28.3 Å². The highest BCUT2D eigenvalue weighted by molar-refractivity contribution is 5.69. The number of allylic oxidation sites excluding steroid dienone is 1. The highest BCUT2D eigenvalue weighted by Gasteiger charge is 2.14. The summed E-state index contributed by atoms with van der Waals surface area (Å²) in [5.74, 6) is 0.357. The number of aromatic nitrogens is 4. The summed E-state index contributed by atoms with van der Waals surface area (Å²) < 4.78 is 4.09. The van der Waals surface area contributed by atoms with Crippen molar-refractivity contribution in [2.75, 3.05) is 6.61 Å². The maximum Gasteiger partial charge on any atom is 0.332 e. The predicted molar refractivity (Wildman–Crippen MR) is 76.7 cm³/mol. The Hall–Kier alpha value is -2.35. The van der Waals surface area contributed by atoms with Gasteiger partial charge >= 0.3 is 5.69 Å². The van der Waals surface area contributed by atoms with Gasteiger partial charge in [0.2, 0.25) is 0 Å². The molecule has 0 bridgehead atoms. The summed E-state index contributed by atoms with van der Waals surface area (Å²) in [5, 5.41) is 0. The van der Waals surface area contributed by atoms with Crippen LogP contribution in [0.1, 0.15) is 13.3 Å². The van der Waals surface area contributed by atoms with Gasteiger partial charge in [0.15, 0.2) is 11.2 Å². The van der Waals surface area contributed by atoms with Crippen molar-refractivity contribution in [1.29, 1.82) is 0 Å². The molecule has 0 amide bonds. The average Bonchev–Trinajstić information content (AvgIpc) is 2.84. The maximum atomic E-state index is 12.4. The van der Waals surface area contributed by atoms with E-state index in [1.165, 1.54) is 10.9 Å². The van der Waals surface area contributed by atoms with Crippen LogP contribution in [0.2, 0.25) is 0 Å². The molecule has 0 saturated heterocycles. The summed E-state index contributed by atoms with van der Waals surface area (Å²) in [5.41, 5.74) is -0.0469. The van der Waals surface area contributed by atoms with Crippen LogP contribution in [0.3, 0.4) is 0 Å². The summed E-state index contributed by atoms with van der Waals surface area (Å²) in [6, 6.07) is 0. The van der Waals surface area contributed by atoms with Crippen molar-refractivity contribution in [3.63, 3.8) is 0 Å². The maximum absolute atomic E-state index is 12.4. The first-order chi connectivity index (χ1) is 9.97. The Bertz CT molecular complexity index is 784. The van der Waals surface area contributed by atoms with Crippen LogP contribution in [-0.2, 0) is 30.4 Å². The van der Waals surface area contributed by atoms with Gasteiger partial charge in [0, 0.05) is 27.1 Å². The fourth-order valence-corrected chi connectivity index (χ4v) is 2.01. The predicted octanol–water partition coefficient (Wildman–Crippen LogP) is 0.306. The topological polar surface area (TPSA) is 80.3 Å². The molecule has 8 heteroatoms. The smallest absolute Gasteiger partial charge is 0.332 e. The lowest BCUT2D eigenvalue weighted by Crippen LogP contribution is -2.39. The third kappa shape index (κ3) is 2.75. The molecule has 0 aliphatic heterocycles. The minimum absolute atomic E-state index is 0.165. The molecule has 8 nitrogen and oxygen atoms in total. The van der Waals surface area contributed by atoms with Gasteiger partial charge in [0.05, 0.1) is 12.9 Å². The van der Waals surface area contributed by atoms with E-state index in [-0.39, 0.29) is 12.1 Å². The number of hydrogen-bond donors (Lipinski definition) is 0. The van der Waals surface area contributed by atoms with Gasteiger partial charge in [-0.15, -0.1) is 0 Å². The number of imidazole rings is 1. The molecule has 0 fully saturated rings. The van der Waals surface area contributed by atoms with Crippen LogP contribution in [0.4, 0.5) is 0 Å². The highest BCUT2D eigenvalue weighted by Crippen LogP contribution is 2.05. The molecule has 2 aromatic rings. The minimum atomic E-state index is -0.421. The molecule has 0 atom stereocenters. The average molecular weight is 294 g/mol. The fourth-order valence-electron chi connectivity index (χ4n) is 2.01. The van der Waals surface area contributed by atoms with Crippen molar-refractivity contribution in [2.24, 2.45) is 14.1 Å². The van der Waals surface area contributed by atoms with E-state index in [4.69, 9.17) is 9.78 Å². The summed E-state index contributed by atoms with van der Waals surface area (Å²) in [7, 11) is 3.29. The third-order valence-electron chi connectivity index (χ3n) is 3.11. The molecule has 0 saturated carbocycles. The lowest BCUT2D eigenvalue weighted by molar-refractivity contribution is -0.259. The standard InChI is InChI=1S/C13H18N4O4/c1-5-20-21-9(2)6-7-17-12(18)10-11(14-8-15(10)3)16(4)13(17)19/h8H,2,5-7H2,1,3-4H3. The largest absolute Gasteiger partial charge is 0.343 e. The summed E-state index contributed by atoms with van der Waals surface area (Å²) >= 11 is 0. The van der Waals surface area contributed by atoms with Crippen molar-refractivity contribution in [1.82, 2.24) is 18.7 Å². The zero-order valence-electron chi connectivity index (χ0n) is 12.3. The minimum Gasteiger partial charge on any atom is -0.343 e. The second kappa shape index (κ2) is 5.96. The quantitative estimate of drug-likeness (QED) is 0.435. The van der Waals surface area contributed by atoms with Crippen LogP contribution in [-0.4, -0.2) is 25.3 Å². The van der Waals surface area contributed by atoms with Crippen LogP contribution >= 0.6 is 0 Å². The number of hydrogen-bond acceptors (Lipinski definition) is 5. The number of rotatable bonds is 6. The summed E-state index contributed by atoms with van der Waals surface area (Å²) in [4.78, 5) is 38.3. The molecule has 21 heavy (non-hydrogen) atoms. The number of aryl methyl sites for hydroxylation is 2. The second-order valence-electron chi connectivity index (χ2n) is 4.60. The molecule has 0 aromatic carbocycles. The molecule has 0 aliphatic carbocycles. The SMILES string of the molecule is C=C(CCn1c(=O)c2c(ncn2C)n(C)c1=O)OOCC. The highest BCUT2D eigenvalue weighted by atomic mass is 17.2. The molecule has 114 valence electrons. The Morgan fingerprint density at radius 1 is 1.38 bits per heavy atom. The van der Waals surface area contributed by atoms with Gasteiger partial charge in [-0.05, 0) is 6.92 Å². The van der Waals surface area contributed by atoms with E-state index in [1.807, 2.05) is 0 Å². The van der Waals surface area contributed by atoms with E-state index >= 15 is 0 Å².